The summed E-state index contributed by atoms with van der Waals surface area (Å²) in [5.41, 5.74) is -0.114. The molecule has 1 aliphatic rings. The number of rotatable bonds is 4. The molecular formula is C18H22N2O3. The standard InChI is InChI=1S/C18H22N2O3/c1-23-13-15-7-4-5-10-20(15)17(21)12-19-11-9-14-6-2-3-8-16(14)18(19)22/h2-3,6,8-9,11,15H,4-5,7,10,12-13H2,1H3. The van der Waals surface area contributed by atoms with E-state index in [9.17, 15) is 9.59 Å². The van der Waals surface area contributed by atoms with Crippen molar-refractivity contribution in [3.05, 3.63) is 46.9 Å². The average Bonchev–Trinajstić information content (AvgIpc) is 2.58. The molecule has 1 amide bonds. The summed E-state index contributed by atoms with van der Waals surface area (Å²) in [6.45, 7) is 1.39. The molecule has 3 rings (SSSR count). The summed E-state index contributed by atoms with van der Waals surface area (Å²) in [5.74, 6) is -0.0101. The Kier molecular flexibility index (Phi) is 4.76. The Morgan fingerprint density at radius 1 is 1.26 bits per heavy atom. The minimum Gasteiger partial charge on any atom is -0.383 e. The molecule has 1 saturated heterocycles. The highest BCUT2D eigenvalue weighted by Crippen LogP contribution is 2.18. The molecule has 23 heavy (non-hydrogen) atoms. The van der Waals surface area contributed by atoms with Crippen LogP contribution in [0.15, 0.2) is 41.3 Å². The molecule has 1 aromatic carbocycles. The zero-order chi connectivity index (χ0) is 16.2. The molecule has 1 fully saturated rings. The lowest BCUT2D eigenvalue weighted by atomic mass is 10.0. The van der Waals surface area contributed by atoms with Crippen molar-refractivity contribution in [3.8, 4) is 0 Å². The van der Waals surface area contributed by atoms with E-state index in [4.69, 9.17) is 4.74 Å². The van der Waals surface area contributed by atoms with Gasteiger partial charge in [-0.05, 0) is 36.8 Å². The summed E-state index contributed by atoms with van der Waals surface area (Å²) < 4.78 is 6.73. The first kappa shape index (κ1) is 15.7. The van der Waals surface area contributed by atoms with E-state index in [0.29, 0.717) is 12.0 Å². The fraction of sp³-hybridized carbons (Fsp3) is 0.444. The van der Waals surface area contributed by atoms with Gasteiger partial charge in [-0.3, -0.25) is 9.59 Å². The van der Waals surface area contributed by atoms with E-state index in [2.05, 4.69) is 0 Å². The summed E-state index contributed by atoms with van der Waals surface area (Å²) in [6, 6.07) is 9.45. The van der Waals surface area contributed by atoms with Crippen LogP contribution in [0.1, 0.15) is 19.3 Å². The van der Waals surface area contributed by atoms with Gasteiger partial charge in [-0.1, -0.05) is 18.2 Å². The molecule has 0 bridgehead atoms. The van der Waals surface area contributed by atoms with Gasteiger partial charge in [0.2, 0.25) is 5.91 Å². The summed E-state index contributed by atoms with van der Waals surface area (Å²) in [6.07, 6.45) is 4.80. The van der Waals surface area contributed by atoms with Gasteiger partial charge in [0.15, 0.2) is 0 Å². The molecule has 1 aromatic heterocycles. The second kappa shape index (κ2) is 6.96. The number of aromatic nitrogens is 1. The van der Waals surface area contributed by atoms with E-state index in [1.165, 1.54) is 4.57 Å². The second-order valence-electron chi connectivity index (χ2n) is 6.03. The van der Waals surface area contributed by atoms with Crippen molar-refractivity contribution < 1.29 is 9.53 Å². The Morgan fingerprint density at radius 3 is 2.91 bits per heavy atom. The lowest BCUT2D eigenvalue weighted by Crippen LogP contribution is -2.47. The Morgan fingerprint density at radius 2 is 2.09 bits per heavy atom. The monoisotopic (exact) mass is 314 g/mol. The van der Waals surface area contributed by atoms with Gasteiger partial charge in [0.05, 0.1) is 12.6 Å². The van der Waals surface area contributed by atoms with Crippen molar-refractivity contribution >= 4 is 16.7 Å². The highest BCUT2D eigenvalue weighted by molar-refractivity contribution is 5.82. The summed E-state index contributed by atoms with van der Waals surface area (Å²) >= 11 is 0. The lowest BCUT2D eigenvalue weighted by molar-refractivity contribution is -0.136. The van der Waals surface area contributed by atoms with Crippen LogP contribution in [0.3, 0.4) is 0 Å². The first-order valence-electron chi connectivity index (χ1n) is 8.07. The van der Waals surface area contributed by atoms with Gasteiger partial charge in [0.25, 0.3) is 5.56 Å². The van der Waals surface area contributed by atoms with Crippen LogP contribution in [0.4, 0.5) is 0 Å². The third-order valence-electron chi connectivity index (χ3n) is 4.50. The molecule has 0 spiro atoms. The SMILES string of the molecule is COCC1CCCCN1C(=O)Cn1ccc2ccccc2c1=O. The fourth-order valence-corrected chi connectivity index (χ4v) is 3.29. The maximum atomic E-state index is 12.7. The quantitative estimate of drug-likeness (QED) is 0.867. The molecule has 1 atom stereocenters. The third kappa shape index (κ3) is 3.29. The number of hydrogen-bond acceptors (Lipinski definition) is 3. The molecular weight excluding hydrogens is 292 g/mol. The van der Waals surface area contributed by atoms with E-state index in [1.807, 2.05) is 29.2 Å². The predicted molar refractivity (Wildman–Crippen MR) is 89.4 cm³/mol. The normalized spacial score (nSPS) is 18.3. The number of benzene rings is 1. The Hall–Kier alpha value is -2.14. The van der Waals surface area contributed by atoms with Gasteiger partial charge in [-0.2, -0.15) is 0 Å². The van der Waals surface area contributed by atoms with Crippen LogP contribution in [-0.4, -0.2) is 41.7 Å². The van der Waals surface area contributed by atoms with Gasteiger partial charge >= 0.3 is 0 Å². The first-order chi connectivity index (χ1) is 11.2. The third-order valence-corrected chi connectivity index (χ3v) is 4.50. The zero-order valence-corrected chi connectivity index (χ0v) is 13.4. The van der Waals surface area contributed by atoms with E-state index in [0.717, 1.165) is 31.2 Å². The number of carbonyl (C=O) groups is 1. The number of nitrogens with zero attached hydrogens (tertiary/aromatic N) is 2. The summed E-state index contributed by atoms with van der Waals surface area (Å²) in [4.78, 5) is 27.0. The van der Waals surface area contributed by atoms with Crippen molar-refractivity contribution in [2.75, 3.05) is 20.3 Å². The average molecular weight is 314 g/mol. The molecule has 0 saturated carbocycles. The van der Waals surface area contributed by atoms with E-state index in [-0.39, 0.29) is 24.1 Å². The van der Waals surface area contributed by atoms with Crippen LogP contribution in [0.25, 0.3) is 10.8 Å². The molecule has 2 heterocycles. The molecule has 2 aromatic rings. The molecule has 5 nitrogen and oxygen atoms in total. The first-order valence-corrected chi connectivity index (χ1v) is 8.07. The molecule has 0 radical (unpaired) electrons. The van der Waals surface area contributed by atoms with Gasteiger partial charge in [0, 0.05) is 25.2 Å². The molecule has 0 aliphatic carbocycles. The molecule has 122 valence electrons. The van der Waals surface area contributed by atoms with E-state index in [1.54, 1.807) is 19.4 Å². The summed E-state index contributed by atoms with van der Waals surface area (Å²) in [7, 11) is 1.66. The van der Waals surface area contributed by atoms with Crippen LogP contribution in [0.5, 0.6) is 0 Å². The highest BCUT2D eigenvalue weighted by Gasteiger charge is 2.26. The Bertz CT molecular complexity index is 751. The van der Waals surface area contributed by atoms with Gasteiger partial charge in [0.1, 0.15) is 6.54 Å². The number of fused-ring (bicyclic) bond motifs is 1. The van der Waals surface area contributed by atoms with Crippen LogP contribution in [0, 0.1) is 0 Å². The molecule has 5 heteroatoms. The number of likely N-dealkylation sites (tertiary alicyclic amines) is 1. The predicted octanol–water partition coefficient (Wildman–Crippen LogP) is 2.03. The van der Waals surface area contributed by atoms with E-state index < -0.39 is 0 Å². The van der Waals surface area contributed by atoms with E-state index >= 15 is 0 Å². The number of methoxy groups -OCH3 is 1. The van der Waals surface area contributed by atoms with Crippen molar-refractivity contribution in [3.63, 3.8) is 0 Å². The highest BCUT2D eigenvalue weighted by atomic mass is 16.5. The molecule has 0 N–H and O–H groups in total. The number of pyridine rings is 1. The number of amides is 1. The van der Waals surface area contributed by atoms with Gasteiger partial charge < -0.3 is 14.2 Å². The van der Waals surface area contributed by atoms with Crippen LogP contribution < -0.4 is 5.56 Å². The van der Waals surface area contributed by atoms with Crippen molar-refractivity contribution in [2.45, 2.75) is 31.8 Å². The largest absolute Gasteiger partial charge is 0.383 e. The number of piperidine rings is 1. The number of carbonyl (C=O) groups excluding carboxylic acids is 1. The van der Waals surface area contributed by atoms with Gasteiger partial charge in [-0.25, -0.2) is 0 Å². The number of hydrogen-bond donors (Lipinski definition) is 0. The lowest BCUT2D eigenvalue weighted by Gasteiger charge is -2.35. The summed E-state index contributed by atoms with van der Waals surface area (Å²) in [5, 5.41) is 1.55. The van der Waals surface area contributed by atoms with Crippen LogP contribution in [0.2, 0.25) is 0 Å². The Labute approximate surface area is 135 Å². The molecule has 1 unspecified atom stereocenters. The van der Waals surface area contributed by atoms with Crippen molar-refractivity contribution in [2.24, 2.45) is 0 Å². The maximum absolute atomic E-state index is 12.7. The number of ether oxygens (including phenoxy) is 1. The fourth-order valence-electron chi connectivity index (χ4n) is 3.29. The topological polar surface area (TPSA) is 51.5 Å². The minimum atomic E-state index is -0.114. The maximum Gasteiger partial charge on any atom is 0.258 e. The zero-order valence-electron chi connectivity index (χ0n) is 13.4. The Balaban J connectivity index is 1.82. The molecule has 1 aliphatic heterocycles. The van der Waals surface area contributed by atoms with Crippen LogP contribution in [-0.2, 0) is 16.1 Å². The van der Waals surface area contributed by atoms with Crippen molar-refractivity contribution in [1.29, 1.82) is 0 Å². The smallest absolute Gasteiger partial charge is 0.258 e. The minimum absolute atomic E-state index is 0.0101. The second-order valence-corrected chi connectivity index (χ2v) is 6.03. The van der Waals surface area contributed by atoms with Crippen molar-refractivity contribution in [1.82, 2.24) is 9.47 Å². The van der Waals surface area contributed by atoms with Crippen LogP contribution >= 0.6 is 0 Å². The van der Waals surface area contributed by atoms with Gasteiger partial charge in [-0.15, -0.1) is 0 Å².